The zero-order valence-corrected chi connectivity index (χ0v) is 15.1. The maximum absolute atomic E-state index is 14.1. The summed E-state index contributed by atoms with van der Waals surface area (Å²) in [6, 6.07) is 9.96. The molecule has 1 aliphatic rings. The van der Waals surface area contributed by atoms with Crippen LogP contribution in [0, 0.1) is 5.82 Å². The molecule has 4 rings (SSSR count). The van der Waals surface area contributed by atoms with E-state index in [4.69, 9.17) is 0 Å². The van der Waals surface area contributed by atoms with Crippen molar-refractivity contribution in [1.29, 1.82) is 0 Å². The summed E-state index contributed by atoms with van der Waals surface area (Å²) in [5.41, 5.74) is 0.882. The molecule has 0 saturated carbocycles. The summed E-state index contributed by atoms with van der Waals surface area (Å²) in [7, 11) is 0. The molecule has 1 fully saturated rings. The van der Waals surface area contributed by atoms with E-state index in [0.29, 0.717) is 35.9 Å². The number of β-amino-alcohol motifs (C(OH)–C–C–N with tert-alkyl or cyclic N) is 1. The average molecular weight is 370 g/mol. The number of nitrogens with one attached hydrogen (secondary N) is 1. The molecule has 0 aliphatic carbocycles. The van der Waals surface area contributed by atoms with Crippen LogP contribution in [0.1, 0.15) is 19.3 Å². The largest absolute Gasteiger partial charge is 0.390 e. The first-order chi connectivity index (χ1) is 13.2. The molecule has 3 heterocycles. The fraction of sp³-hybridized carbons (Fsp3) is 0.421. The second-order valence-electron chi connectivity index (χ2n) is 6.89. The number of hydrogen-bond donors (Lipinski definition) is 2. The first-order valence-corrected chi connectivity index (χ1v) is 9.32. The Bertz CT molecular complexity index is 908. The first-order valence-electron chi connectivity index (χ1n) is 9.32. The van der Waals surface area contributed by atoms with Crippen molar-refractivity contribution in [2.24, 2.45) is 0 Å². The number of aliphatic hydroxyl groups excluding tert-OH is 1. The molecule has 0 radical (unpaired) electrons. The van der Waals surface area contributed by atoms with E-state index >= 15 is 0 Å². The third-order valence-electron chi connectivity index (χ3n) is 4.81. The fourth-order valence-corrected chi connectivity index (χ4v) is 3.42. The molecule has 8 heteroatoms. The normalized spacial score (nSPS) is 16.5. The summed E-state index contributed by atoms with van der Waals surface area (Å²) in [5.74, 6) is 0.558. The SMILES string of the molecule is O[C@@H](CNc1ccc2nnc(-c3ccccc3F)n2n1)CN1CCCCC1. The van der Waals surface area contributed by atoms with Crippen LogP contribution in [0.15, 0.2) is 36.4 Å². The third-order valence-corrected chi connectivity index (χ3v) is 4.81. The number of halogens is 1. The lowest BCUT2D eigenvalue weighted by Crippen LogP contribution is -2.39. The van der Waals surface area contributed by atoms with Crippen LogP contribution < -0.4 is 5.32 Å². The zero-order chi connectivity index (χ0) is 18.6. The lowest BCUT2D eigenvalue weighted by Gasteiger charge is -2.28. The molecule has 1 saturated heterocycles. The number of likely N-dealkylation sites (tertiary alicyclic amines) is 1. The fourth-order valence-electron chi connectivity index (χ4n) is 3.42. The second-order valence-corrected chi connectivity index (χ2v) is 6.89. The number of hydrogen-bond acceptors (Lipinski definition) is 6. The third kappa shape index (κ3) is 4.06. The van der Waals surface area contributed by atoms with Gasteiger partial charge in [-0.2, -0.15) is 4.52 Å². The lowest BCUT2D eigenvalue weighted by atomic mass is 10.1. The minimum atomic E-state index is -0.479. The van der Waals surface area contributed by atoms with Gasteiger partial charge in [0.25, 0.3) is 0 Å². The van der Waals surface area contributed by atoms with Gasteiger partial charge in [0.2, 0.25) is 0 Å². The van der Waals surface area contributed by atoms with Gasteiger partial charge in [-0.1, -0.05) is 18.6 Å². The van der Waals surface area contributed by atoms with Gasteiger partial charge < -0.3 is 15.3 Å². The molecule has 3 aromatic rings. The maximum atomic E-state index is 14.1. The summed E-state index contributed by atoms with van der Waals surface area (Å²) in [5, 5.41) is 26.0. The molecule has 0 spiro atoms. The molecule has 2 N–H and O–H groups in total. The average Bonchev–Trinajstić information content (AvgIpc) is 3.11. The summed E-state index contributed by atoms with van der Waals surface area (Å²) in [6.45, 7) is 3.15. The van der Waals surface area contributed by atoms with E-state index in [1.807, 2.05) is 0 Å². The van der Waals surface area contributed by atoms with Crippen molar-refractivity contribution in [3.8, 4) is 11.4 Å². The number of anilines is 1. The molecule has 27 heavy (non-hydrogen) atoms. The van der Waals surface area contributed by atoms with Crippen LogP contribution in [0.3, 0.4) is 0 Å². The van der Waals surface area contributed by atoms with Crippen LogP contribution in [0.4, 0.5) is 10.2 Å². The molecule has 2 aromatic heterocycles. The summed E-state index contributed by atoms with van der Waals surface area (Å²) < 4.78 is 15.6. The Morgan fingerprint density at radius 1 is 1.07 bits per heavy atom. The number of fused-ring (bicyclic) bond motifs is 1. The molecular formula is C19H23FN6O. The smallest absolute Gasteiger partial charge is 0.188 e. The topological polar surface area (TPSA) is 78.6 Å². The van der Waals surface area contributed by atoms with E-state index in [-0.39, 0.29) is 5.82 Å². The van der Waals surface area contributed by atoms with Crippen LogP contribution in [0.2, 0.25) is 0 Å². The number of nitrogens with zero attached hydrogens (tertiary/aromatic N) is 5. The quantitative estimate of drug-likeness (QED) is 0.693. The van der Waals surface area contributed by atoms with Crippen molar-refractivity contribution in [2.45, 2.75) is 25.4 Å². The highest BCUT2D eigenvalue weighted by Crippen LogP contribution is 2.21. The molecule has 142 valence electrons. The summed E-state index contributed by atoms with van der Waals surface area (Å²) >= 11 is 0. The van der Waals surface area contributed by atoms with Crippen LogP contribution in [-0.2, 0) is 0 Å². The van der Waals surface area contributed by atoms with Crippen molar-refractivity contribution in [3.63, 3.8) is 0 Å². The number of aliphatic hydroxyl groups is 1. The predicted molar refractivity (Wildman–Crippen MR) is 101 cm³/mol. The number of rotatable bonds is 6. The standard InChI is InChI=1S/C19H23FN6O/c20-16-7-3-2-6-15(16)19-23-22-18-9-8-17(24-26(18)19)21-12-14(27)13-25-10-4-1-5-11-25/h2-3,6-9,14,27H,1,4-5,10-13H2,(H,21,24)/t14-/m0/s1. The Labute approximate surface area is 156 Å². The first kappa shape index (κ1) is 17.8. The molecule has 1 aliphatic heterocycles. The van der Waals surface area contributed by atoms with Crippen molar-refractivity contribution in [2.75, 3.05) is 31.5 Å². The molecule has 0 amide bonds. The van der Waals surface area contributed by atoms with Crippen molar-refractivity contribution >= 4 is 11.5 Å². The second kappa shape index (κ2) is 7.98. The molecule has 1 atom stereocenters. The van der Waals surface area contributed by atoms with Crippen LogP contribution in [-0.4, -0.2) is 62.1 Å². The molecule has 7 nitrogen and oxygen atoms in total. The Kier molecular flexibility index (Phi) is 5.26. The Morgan fingerprint density at radius 3 is 2.70 bits per heavy atom. The van der Waals surface area contributed by atoms with Gasteiger partial charge in [0.15, 0.2) is 11.5 Å². The lowest BCUT2D eigenvalue weighted by molar-refractivity contribution is 0.109. The highest BCUT2D eigenvalue weighted by atomic mass is 19.1. The van der Waals surface area contributed by atoms with Crippen LogP contribution in [0.5, 0.6) is 0 Å². The molecule has 1 aromatic carbocycles. The number of aromatic nitrogens is 4. The van der Waals surface area contributed by atoms with E-state index in [1.54, 1.807) is 30.3 Å². The highest BCUT2D eigenvalue weighted by Gasteiger charge is 2.16. The van der Waals surface area contributed by atoms with E-state index < -0.39 is 6.10 Å². The minimum absolute atomic E-state index is 0.347. The van der Waals surface area contributed by atoms with Crippen LogP contribution >= 0.6 is 0 Å². The Morgan fingerprint density at radius 2 is 1.89 bits per heavy atom. The monoisotopic (exact) mass is 370 g/mol. The maximum Gasteiger partial charge on any atom is 0.188 e. The van der Waals surface area contributed by atoms with Crippen LogP contribution in [0.25, 0.3) is 17.0 Å². The molecule has 0 unspecified atom stereocenters. The number of piperidine rings is 1. The summed E-state index contributed by atoms with van der Waals surface area (Å²) in [6.07, 6.45) is 3.20. The van der Waals surface area contributed by atoms with Gasteiger partial charge in [0.1, 0.15) is 11.6 Å². The highest BCUT2D eigenvalue weighted by molar-refractivity contribution is 5.60. The molecule has 0 bridgehead atoms. The van der Waals surface area contributed by atoms with Crippen molar-refractivity contribution in [3.05, 3.63) is 42.2 Å². The molecular weight excluding hydrogens is 347 g/mol. The Balaban J connectivity index is 1.46. The zero-order valence-electron chi connectivity index (χ0n) is 15.1. The van der Waals surface area contributed by atoms with Crippen molar-refractivity contribution in [1.82, 2.24) is 24.7 Å². The van der Waals surface area contributed by atoms with Gasteiger partial charge in [-0.05, 0) is 50.2 Å². The van der Waals surface area contributed by atoms with E-state index in [1.165, 1.54) is 29.8 Å². The van der Waals surface area contributed by atoms with Gasteiger partial charge in [-0.25, -0.2) is 4.39 Å². The van der Waals surface area contributed by atoms with Gasteiger partial charge >= 0.3 is 0 Å². The number of benzene rings is 1. The van der Waals surface area contributed by atoms with Gasteiger partial charge in [-0.15, -0.1) is 15.3 Å². The minimum Gasteiger partial charge on any atom is -0.390 e. The van der Waals surface area contributed by atoms with E-state index in [0.717, 1.165) is 13.1 Å². The van der Waals surface area contributed by atoms with Gasteiger partial charge in [0, 0.05) is 13.1 Å². The Hall–Kier alpha value is -2.58. The predicted octanol–water partition coefficient (Wildman–Crippen LogP) is 2.19. The summed E-state index contributed by atoms with van der Waals surface area (Å²) in [4.78, 5) is 2.29. The van der Waals surface area contributed by atoms with E-state index in [9.17, 15) is 9.50 Å². The van der Waals surface area contributed by atoms with E-state index in [2.05, 4.69) is 25.5 Å². The van der Waals surface area contributed by atoms with Crippen molar-refractivity contribution < 1.29 is 9.50 Å². The van der Waals surface area contributed by atoms with Gasteiger partial charge in [0.05, 0.1) is 11.7 Å². The van der Waals surface area contributed by atoms with Gasteiger partial charge in [-0.3, -0.25) is 0 Å².